The highest BCUT2D eigenvalue weighted by atomic mass is 35.5. The Morgan fingerprint density at radius 1 is 1.20 bits per heavy atom. The van der Waals surface area contributed by atoms with Gasteiger partial charge in [0.05, 0.1) is 4.90 Å². The van der Waals surface area contributed by atoms with Gasteiger partial charge in [-0.2, -0.15) is 0 Å². The van der Waals surface area contributed by atoms with Gasteiger partial charge in [-0.3, -0.25) is 4.79 Å². The summed E-state index contributed by atoms with van der Waals surface area (Å²) >= 11 is 0. The minimum atomic E-state index is -3.48. The van der Waals surface area contributed by atoms with E-state index in [0.717, 1.165) is 13.0 Å². The fourth-order valence-corrected chi connectivity index (χ4v) is 2.63. The molecule has 20 heavy (non-hydrogen) atoms. The lowest BCUT2D eigenvalue weighted by atomic mass is 10.2. The third-order valence-corrected chi connectivity index (χ3v) is 4.12. The first-order valence-corrected chi connectivity index (χ1v) is 7.56. The van der Waals surface area contributed by atoms with Crippen molar-refractivity contribution in [1.82, 2.24) is 9.62 Å². The summed E-state index contributed by atoms with van der Waals surface area (Å²) in [6.07, 6.45) is 0.748. The summed E-state index contributed by atoms with van der Waals surface area (Å²) in [5.41, 5.74) is 0.506. The minimum absolute atomic E-state index is 0. The molecule has 0 aliphatic rings. The van der Waals surface area contributed by atoms with E-state index in [-0.39, 0.29) is 23.1 Å². The van der Waals surface area contributed by atoms with Crippen LogP contribution in [0.1, 0.15) is 23.7 Å². The molecule has 0 aliphatic carbocycles. The third kappa shape index (κ3) is 6.00. The molecular formula is C13H21ClN2O3S. The van der Waals surface area contributed by atoms with Gasteiger partial charge < -0.3 is 4.90 Å². The molecular weight excluding hydrogens is 300 g/mol. The molecule has 0 unspecified atom stereocenters. The zero-order valence-corrected chi connectivity index (χ0v) is 13.6. The van der Waals surface area contributed by atoms with Gasteiger partial charge in [0.2, 0.25) is 10.0 Å². The molecule has 0 saturated carbocycles. The Morgan fingerprint density at radius 3 is 2.20 bits per heavy atom. The number of hydrogen-bond acceptors (Lipinski definition) is 4. The quantitative estimate of drug-likeness (QED) is 0.611. The van der Waals surface area contributed by atoms with Crippen molar-refractivity contribution in [1.29, 1.82) is 0 Å². The van der Waals surface area contributed by atoms with Crippen molar-refractivity contribution in [2.24, 2.45) is 0 Å². The number of carbonyl (C=O) groups excluding carboxylic acids is 1. The predicted octanol–water partition coefficient (Wildman–Crippen LogP) is 1.54. The molecule has 0 radical (unpaired) electrons. The van der Waals surface area contributed by atoms with Crippen LogP contribution in [-0.4, -0.2) is 46.3 Å². The van der Waals surface area contributed by atoms with Crippen LogP contribution < -0.4 is 4.72 Å². The number of halogens is 1. The number of ketones is 1. The lowest BCUT2D eigenvalue weighted by molar-refractivity contribution is 0.101. The molecule has 0 heterocycles. The molecule has 0 atom stereocenters. The number of nitrogens with one attached hydrogen (secondary N) is 1. The molecule has 1 N–H and O–H groups in total. The van der Waals surface area contributed by atoms with Gasteiger partial charge >= 0.3 is 0 Å². The van der Waals surface area contributed by atoms with E-state index in [1.165, 1.54) is 31.2 Å². The topological polar surface area (TPSA) is 66.5 Å². The second-order valence-electron chi connectivity index (χ2n) is 4.64. The molecule has 1 rings (SSSR count). The fourth-order valence-electron chi connectivity index (χ4n) is 1.55. The lowest BCUT2D eigenvalue weighted by Crippen LogP contribution is -2.27. The molecule has 0 bridgehead atoms. The number of rotatable bonds is 7. The first-order valence-electron chi connectivity index (χ1n) is 6.08. The second kappa shape index (κ2) is 8.36. The second-order valence-corrected chi connectivity index (χ2v) is 6.40. The number of benzene rings is 1. The number of nitrogens with zero attached hydrogens (tertiary/aromatic N) is 1. The Morgan fingerprint density at radius 2 is 1.75 bits per heavy atom. The Hall–Kier alpha value is -0.950. The van der Waals surface area contributed by atoms with Gasteiger partial charge in [0.15, 0.2) is 5.78 Å². The summed E-state index contributed by atoms with van der Waals surface area (Å²) in [4.78, 5) is 13.3. The molecule has 0 spiro atoms. The number of sulfonamides is 1. The number of Topliss-reactive ketones (excluding diaryl/α,β-unsaturated/α-hetero) is 1. The van der Waals surface area contributed by atoms with Crippen LogP contribution in [0.5, 0.6) is 0 Å². The van der Waals surface area contributed by atoms with Crippen LogP contribution in [0.2, 0.25) is 0 Å². The molecule has 7 heteroatoms. The van der Waals surface area contributed by atoms with E-state index >= 15 is 0 Å². The van der Waals surface area contributed by atoms with E-state index in [9.17, 15) is 13.2 Å². The summed E-state index contributed by atoms with van der Waals surface area (Å²) < 4.78 is 26.4. The first kappa shape index (κ1) is 19.1. The molecule has 0 fully saturated rings. The summed E-state index contributed by atoms with van der Waals surface area (Å²) in [7, 11) is 0.398. The fraction of sp³-hybridized carbons (Fsp3) is 0.462. The molecule has 5 nitrogen and oxygen atoms in total. The minimum Gasteiger partial charge on any atom is -0.309 e. The summed E-state index contributed by atoms with van der Waals surface area (Å²) in [5.74, 6) is -0.0807. The van der Waals surface area contributed by atoms with E-state index in [1.54, 1.807) is 0 Å². The van der Waals surface area contributed by atoms with Gasteiger partial charge in [0.25, 0.3) is 0 Å². The number of carbonyl (C=O) groups is 1. The maximum atomic E-state index is 11.9. The maximum absolute atomic E-state index is 11.9. The molecule has 0 saturated heterocycles. The zero-order valence-electron chi connectivity index (χ0n) is 11.9. The van der Waals surface area contributed by atoms with E-state index in [0.29, 0.717) is 12.1 Å². The number of hydrogen-bond donors (Lipinski definition) is 1. The highest BCUT2D eigenvalue weighted by molar-refractivity contribution is 7.89. The van der Waals surface area contributed by atoms with Gasteiger partial charge in [0, 0.05) is 12.1 Å². The molecule has 1 aromatic carbocycles. The molecule has 0 aliphatic heterocycles. The average Bonchev–Trinajstić information content (AvgIpc) is 2.34. The van der Waals surface area contributed by atoms with Crippen LogP contribution in [0.25, 0.3) is 0 Å². The first-order chi connectivity index (χ1) is 8.83. The molecule has 1 aromatic rings. The summed E-state index contributed by atoms with van der Waals surface area (Å²) in [5, 5.41) is 0. The Kier molecular flexibility index (Phi) is 7.96. The van der Waals surface area contributed by atoms with E-state index in [2.05, 4.69) is 4.72 Å². The largest absolute Gasteiger partial charge is 0.309 e. The Labute approximate surface area is 126 Å². The van der Waals surface area contributed by atoms with Crippen molar-refractivity contribution in [3.63, 3.8) is 0 Å². The SMILES string of the molecule is CC(=O)c1ccc(S(=O)(=O)NCCCN(C)C)cc1.Cl. The van der Waals surface area contributed by atoms with E-state index in [4.69, 9.17) is 0 Å². The standard InChI is InChI=1S/C13H20N2O3S.ClH/c1-11(16)12-5-7-13(8-6-12)19(17,18)14-9-4-10-15(2)3;/h5-8,14H,4,9-10H2,1-3H3;1H. The van der Waals surface area contributed by atoms with Crippen LogP contribution in [-0.2, 0) is 10.0 Å². The molecule has 114 valence electrons. The smallest absolute Gasteiger partial charge is 0.240 e. The van der Waals surface area contributed by atoms with Gasteiger partial charge in [-0.05, 0) is 46.1 Å². The van der Waals surface area contributed by atoms with E-state index in [1.807, 2.05) is 19.0 Å². The van der Waals surface area contributed by atoms with Crippen molar-refractivity contribution < 1.29 is 13.2 Å². The van der Waals surface area contributed by atoms with Gasteiger partial charge in [-0.25, -0.2) is 13.1 Å². The average molecular weight is 321 g/mol. The van der Waals surface area contributed by atoms with Crippen LogP contribution >= 0.6 is 12.4 Å². The van der Waals surface area contributed by atoms with Crippen molar-refractivity contribution in [2.75, 3.05) is 27.2 Å². The third-order valence-electron chi connectivity index (χ3n) is 2.65. The summed E-state index contributed by atoms with van der Waals surface area (Å²) in [6, 6.07) is 5.95. The van der Waals surface area contributed by atoms with Gasteiger partial charge in [0.1, 0.15) is 0 Å². The van der Waals surface area contributed by atoms with Crippen LogP contribution in [0, 0.1) is 0 Å². The van der Waals surface area contributed by atoms with Gasteiger partial charge in [-0.15, -0.1) is 12.4 Å². The van der Waals surface area contributed by atoms with Crippen molar-refractivity contribution in [2.45, 2.75) is 18.2 Å². The lowest BCUT2D eigenvalue weighted by Gasteiger charge is -2.10. The summed E-state index contributed by atoms with van der Waals surface area (Å²) in [6.45, 7) is 2.67. The van der Waals surface area contributed by atoms with Gasteiger partial charge in [-0.1, -0.05) is 12.1 Å². The Bertz CT molecular complexity index is 527. The monoisotopic (exact) mass is 320 g/mol. The normalized spacial score (nSPS) is 11.2. The van der Waals surface area contributed by atoms with Crippen molar-refractivity contribution in [3.8, 4) is 0 Å². The highest BCUT2D eigenvalue weighted by Gasteiger charge is 2.13. The van der Waals surface area contributed by atoms with Crippen LogP contribution in [0.3, 0.4) is 0 Å². The van der Waals surface area contributed by atoms with Crippen molar-refractivity contribution >= 4 is 28.2 Å². The highest BCUT2D eigenvalue weighted by Crippen LogP contribution is 2.10. The Balaban J connectivity index is 0.00000361. The van der Waals surface area contributed by atoms with Crippen molar-refractivity contribution in [3.05, 3.63) is 29.8 Å². The van der Waals surface area contributed by atoms with E-state index < -0.39 is 10.0 Å². The van der Waals surface area contributed by atoms with Crippen LogP contribution in [0.15, 0.2) is 29.2 Å². The zero-order chi connectivity index (χ0) is 14.5. The maximum Gasteiger partial charge on any atom is 0.240 e. The molecule has 0 aromatic heterocycles. The molecule has 0 amide bonds. The van der Waals surface area contributed by atoms with Crippen LogP contribution in [0.4, 0.5) is 0 Å². The predicted molar refractivity (Wildman–Crippen MR) is 82.1 cm³/mol.